The first kappa shape index (κ1) is 22.1. The first-order valence-electron chi connectivity index (χ1n) is 9.73. The van der Waals surface area contributed by atoms with E-state index in [1.807, 2.05) is 0 Å². The van der Waals surface area contributed by atoms with Gasteiger partial charge in [0.25, 0.3) is 5.91 Å². The molecule has 0 aliphatic heterocycles. The van der Waals surface area contributed by atoms with Crippen molar-refractivity contribution in [3.05, 3.63) is 58.6 Å². The van der Waals surface area contributed by atoms with Gasteiger partial charge >= 0.3 is 5.97 Å². The summed E-state index contributed by atoms with van der Waals surface area (Å²) in [4.78, 5) is 24.8. The number of anilines is 1. The fraction of sp³-hybridized carbons (Fsp3) is 0.318. The predicted molar refractivity (Wildman–Crippen MR) is 120 cm³/mol. The molecule has 0 saturated heterocycles. The number of carbonyl (C=O) groups is 2. The Morgan fingerprint density at radius 1 is 1.07 bits per heavy atom. The highest BCUT2D eigenvalue weighted by molar-refractivity contribution is 7.80. The monoisotopic (exact) mass is 446 g/mol. The molecule has 3 rings (SSSR count). The summed E-state index contributed by atoms with van der Waals surface area (Å²) in [6.45, 7) is 0. The number of carbonyl (C=O) groups excluding carboxylic acids is 2. The van der Waals surface area contributed by atoms with E-state index in [1.165, 1.54) is 19.6 Å². The van der Waals surface area contributed by atoms with Gasteiger partial charge in [-0.3, -0.25) is 10.1 Å². The topological polar surface area (TPSA) is 76.7 Å². The lowest BCUT2D eigenvalue weighted by atomic mass is 9.98. The van der Waals surface area contributed by atoms with E-state index < -0.39 is 5.91 Å². The molecule has 0 heterocycles. The molecule has 2 aromatic carbocycles. The summed E-state index contributed by atoms with van der Waals surface area (Å²) in [5.74, 6) is -0.377. The van der Waals surface area contributed by atoms with Crippen LogP contribution in [0.5, 0.6) is 5.75 Å². The summed E-state index contributed by atoms with van der Waals surface area (Å²) in [5.41, 5.74) is 1.38. The summed E-state index contributed by atoms with van der Waals surface area (Å²) in [5, 5.41) is 6.03. The number of nitrogens with one attached hydrogen (secondary N) is 2. The highest BCUT2D eigenvalue weighted by Crippen LogP contribution is 2.23. The van der Waals surface area contributed by atoms with Crippen molar-refractivity contribution < 1.29 is 19.1 Å². The van der Waals surface area contributed by atoms with Crippen LogP contribution in [0.2, 0.25) is 5.02 Å². The maximum Gasteiger partial charge on any atom is 0.338 e. The highest BCUT2D eigenvalue weighted by Gasteiger charge is 2.19. The van der Waals surface area contributed by atoms with E-state index in [1.54, 1.807) is 36.4 Å². The Morgan fingerprint density at radius 3 is 2.43 bits per heavy atom. The van der Waals surface area contributed by atoms with E-state index in [2.05, 4.69) is 10.6 Å². The lowest BCUT2D eigenvalue weighted by Crippen LogP contribution is -2.34. The van der Waals surface area contributed by atoms with Crippen LogP contribution in [-0.4, -0.2) is 30.2 Å². The second kappa shape index (κ2) is 10.4. The van der Waals surface area contributed by atoms with Gasteiger partial charge in [-0.15, -0.1) is 0 Å². The summed E-state index contributed by atoms with van der Waals surface area (Å²) in [7, 11) is 1.47. The van der Waals surface area contributed by atoms with Crippen LogP contribution in [0.15, 0.2) is 42.5 Å². The van der Waals surface area contributed by atoms with Gasteiger partial charge in [0.1, 0.15) is 11.9 Å². The van der Waals surface area contributed by atoms with Gasteiger partial charge in [0, 0.05) is 10.7 Å². The van der Waals surface area contributed by atoms with E-state index in [4.69, 9.17) is 33.3 Å². The number of esters is 1. The van der Waals surface area contributed by atoms with Gasteiger partial charge in [-0.2, -0.15) is 0 Å². The van der Waals surface area contributed by atoms with Crippen molar-refractivity contribution in [1.82, 2.24) is 5.32 Å². The average Bonchev–Trinajstić information content (AvgIpc) is 2.74. The van der Waals surface area contributed by atoms with Crippen molar-refractivity contribution in [2.45, 2.75) is 38.2 Å². The van der Waals surface area contributed by atoms with E-state index in [-0.39, 0.29) is 22.7 Å². The van der Waals surface area contributed by atoms with Crippen molar-refractivity contribution in [3.63, 3.8) is 0 Å². The molecule has 2 N–H and O–H groups in total. The number of amides is 1. The largest absolute Gasteiger partial charge is 0.496 e. The van der Waals surface area contributed by atoms with Crippen LogP contribution >= 0.6 is 23.8 Å². The van der Waals surface area contributed by atoms with Gasteiger partial charge in [0.2, 0.25) is 0 Å². The van der Waals surface area contributed by atoms with Crippen molar-refractivity contribution in [1.29, 1.82) is 0 Å². The van der Waals surface area contributed by atoms with Gasteiger partial charge in [-0.05, 0) is 80.4 Å². The third kappa shape index (κ3) is 5.93. The zero-order chi connectivity index (χ0) is 21.5. The van der Waals surface area contributed by atoms with Gasteiger partial charge < -0.3 is 14.8 Å². The molecule has 1 aliphatic rings. The number of ether oxygens (including phenoxy) is 2. The molecular formula is C22H23ClN2O4S. The van der Waals surface area contributed by atoms with E-state index in [0.29, 0.717) is 22.0 Å². The molecule has 2 aromatic rings. The Morgan fingerprint density at radius 2 is 1.77 bits per heavy atom. The summed E-state index contributed by atoms with van der Waals surface area (Å²) in [6, 6.07) is 11.5. The molecule has 30 heavy (non-hydrogen) atoms. The van der Waals surface area contributed by atoms with Gasteiger partial charge in [-0.1, -0.05) is 18.0 Å². The standard InChI is InChI=1S/C22H23ClN2O4S/c1-28-19-12-9-15(23)13-18(19)20(26)25-22(30)24-16-10-7-14(8-11-16)21(27)29-17-5-3-2-4-6-17/h7-13,17H,2-6H2,1H3,(H2,24,25,26,30). The lowest BCUT2D eigenvalue weighted by Gasteiger charge is -2.21. The first-order chi connectivity index (χ1) is 14.5. The third-order valence-electron chi connectivity index (χ3n) is 4.84. The van der Waals surface area contributed by atoms with E-state index in [0.717, 1.165) is 25.7 Å². The molecule has 0 spiro atoms. The maximum atomic E-state index is 12.5. The van der Waals surface area contributed by atoms with Gasteiger partial charge in [0.15, 0.2) is 5.11 Å². The minimum atomic E-state index is -0.445. The smallest absolute Gasteiger partial charge is 0.338 e. The molecule has 1 aliphatic carbocycles. The zero-order valence-corrected chi connectivity index (χ0v) is 18.1. The van der Waals surface area contributed by atoms with Gasteiger partial charge in [-0.25, -0.2) is 4.79 Å². The molecule has 0 aromatic heterocycles. The SMILES string of the molecule is COc1ccc(Cl)cc1C(=O)NC(=S)Nc1ccc(C(=O)OC2CCCCC2)cc1. The maximum absolute atomic E-state index is 12.5. The van der Waals surface area contributed by atoms with E-state index >= 15 is 0 Å². The number of hydrogen-bond donors (Lipinski definition) is 2. The minimum Gasteiger partial charge on any atom is -0.496 e. The number of methoxy groups -OCH3 is 1. The number of rotatable bonds is 5. The van der Waals surface area contributed by atoms with Crippen LogP contribution in [0.25, 0.3) is 0 Å². The molecule has 158 valence electrons. The number of hydrogen-bond acceptors (Lipinski definition) is 5. The van der Waals surface area contributed by atoms with Gasteiger partial charge in [0.05, 0.1) is 18.2 Å². The molecular weight excluding hydrogens is 424 g/mol. The minimum absolute atomic E-state index is 0.00956. The fourth-order valence-electron chi connectivity index (χ4n) is 3.28. The van der Waals surface area contributed by atoms with E-state index in [9.17, 15) is 9.59 Å². The van der Waals surface area contributed by atoms with Crippen molar-refractivity contribution in [3.8, 4) is 5.75 Å². The Balaban J connectivity index is 1.56. The van der Waals surface area contributed by atoms with Crippen molar-refractivity contribution >= 4 is 46.5 Å². The number of thiocarbonyl (C=S) groups is 1. The predicted octanol–water partition coefficient (Wildman–Crippen LogP) is 4.96. The molecule has 0 radical (unpaired) electrons. The first-order valence-corrected chi connectivity index (χ1v) is 10.5. The normalized spacial score (nSPS) is 13.9. The zero-order valence-electron chi connectivity index (χ0n) is 16.6. The quantitative estimate of drug-likeness (QED) is 0.499. The van der Waals surface area contributed by atoms with Crippen molar-refractivity contribution in [2.75, 3.05) is 12.4 Å². The second-order valence-electron chi connectivity index (χ2n) is 7.00. The number of benzene rings is 2. The van der Waals surface area contributed by atoms with Crippen LogP contribution in [0.1, 0.15) is 52.8 Å². The molecule has 0 bridgehead atoms. The van der Waals surface area contributed by atoms with Crippen LogP contribution in [-0.2, 0) is 4.74 Å². The Hall–Kier alpha value is -2.64. The Labute approximate surface area is 185 Å². The van der Waals surface area contributed by atoms with Crippen LogP contribution < -0.4 is 15.4 Å². The third-order valence-corrected chi connectivity index (χ3v) is 5.28. The van der Waals surface area contributed by atoms with Crippen molar-refractivity contribution in [2.24, 2.45) is 0 Å². The molecule has 0 unspecified atom stereocenters. The fourth-order valence-corrected chi connectivity index (χ4v) is 3.67. The molecule has 1 saturated carbocycles. The van der Waals surface area contributed by atoms with Crippen LogP contribution in [0.3, 0.4) is 0 Å². The Bertz CT molecular complexity index is 927. The molecule has 0 atom stereocenters. The lowest BCUT2D eigenvalue weighted by molar-refractivity contribution is 0.0211. The molecule has 1 amide bonds. The average molecular weight is 447 g/mol. The summed E-state index contributed by atoms with van der Waals surface area (Å²) in [6.07, 6.45) is 5.27. The molecule has 8 heteroatoms. The Kier molecular flexibility index (Phi) is 7.65. The summed E-state index contributed by atoms with van der Waals surface area (Å²) >= 11 is 11.2. The molecule has 6 nitrogen and oxygen atoms in total. The van der Waals surface area contributed by atoms with Crippen LogP contribution in [0.4, 0.5) is 5.69 Å². The molecule has 1 fully saturated rings. The number of halogens is 1. The highest BCUT2D eigenvalue weighted by atomic mass is 35.5. The summed E-state index contributed by atoms with van der Waals surface area (Å²) < 4.78 is 10.8. The second-order valence-corrected chi connectivity index (χ2v) is 7.84. The van der Waals surface area contributed by atoms with Crippen LogP contribution in [0, 0.1) is 0 Å².